The molecular formula is C29H36N8O2. The number of nitrogens with one attached hydrogen (secondary N) is 1. The third kappa shape index (κ3) is 4.93. The number of fused-ring (bicyclic) bond motifs is 2. The van der Waals surface area contributed by atoms with E-state index >= 15 is 0 Å². The van der Waals surface area contributed by atoms with E-state index in [1.807, 2.05) is 24.4 Å². The number of rotatable bonds is 3. The van der Waals surface area contributed by atoms with Crippen LogP contribution in [-0.4, -0.2) is 92.0 Å². The Kier molecular flexibility index (Phi) is 6.89. The van der Waals surface area contributed by atoms with Crippen molar-refractivity contribution < 1.29 is 4.74 Å². The number of aromatic nitrogens is 2. The summed E-state index contributed by atoms with van der Waals surface area (Å²) in [7, 11) is 0. The smallest absolute Gasteiger partial charge is 0.248 e. The van der Waals surface area contributed by atoms with E-state index in [-0.39, 0.29) is 11.6 Å². The average Bonchev–Trinajstić information content (AvgIpc) is 3.16. The van der Waals surface area contributed by atoms with Crippen molar-refractivity contribution in [3.8, 4) is 6.07 Å². The highest BCUT2D eigenvalue weighted by atomic mass is 16.5. The monoisotopic (exact) mass is 528 g/mol. The van der Waals surface area contributed by atoms with Gasteiger partial charge in [-0.05, 0) is 43.7 Å². The average molecular weight is 529 g/mol. The van der Waals surface area contributed by atoms with E-state index in [1.165, 1.54) is 5.56 Å². The van der Waals surface area contributed by atoms with Crippen molar-refractivity contribution in [2.24, 2.45) is 5.73 Å². The number of hydrogen-bond acceptors (Lipinski definition) is 9. The molecule has 0 amide bonds. The first-order valence-corrected chi connectivity index (χ1v) is 13.8. The Morgan fingerprint density at radius 3 is 2.74 bits per heavy atom. The highest BCUT2D eigenvalue weighted by Gasteiger charge is 2.37. The lowest BCUT2D eigenvalue weighted by atomic mass is 10.0. The third-order valence-electron chi connectivity index (χ3n) is 8.34. The summed E-state index contributed by atoms with van der Waals surface area (Å²) in [5.74, 6) is 1.04. The maximum atomic E-state index is 12.0. The molecule has 2 aromatic heterocycles. The zero-order valence-corrected chi connectivity index (χ0v) is 22.6. The van der Waals surface area contributed by atoms with Gasteiger partial charge in [0, 0.05) is 81.1 Å². The van der Waals surface area contributed by atoms with Gasteiger partial charge in [0.1, 0.15) is 11.9 Å². The molecule has 1 aromatic carbocycles. The second-order valence-electron chi connectivity index (χ2n) is 11.1. The van der Waals surface area contributed by atoms with Crippen molar-refractivity contribution in [2.45, 2.75) is 32.0 Å². The number of nitrogens with zero attached hydrogens (tertiary/aromatic N) is 6. The number of anilines is 3. The van der Waals surface area contributed by atoms with Gasteiger partial charge in [0.25, 0.3) is 0 Å². The summed E-state index contributed by atoms with van der Waals surface area (Å²) in [6, 6.07) is 12.4. The first kappa shape index (κ1) is 25.6. The molecule has 0 radical (unpaired) electrons. The van der Waals surface area contributed by atoms with Gasteiger partial charge in [0.2, 0.25) is 5.56 Å². The van der Waals surface area contributed by atoms with E-state index in [2.05, 4.69) is 50.6 Å². The zero-order valence-electron chi connectivity index (χ0n) is 22.6. The number of aryl methyl sites for hydroxylation is 1. The Balaban J connectivity index is 1.23. The van der Waals surface area contributed by atoms with Crippen LogP contribution >= 0.6 is 0 Å². The van der Waals surface area contributed by atoms with Crippen LogP contribution in [0.25, 0.3) is 10.9 Å². The second kappa shape index (κ2) is 10.5. The standard InChI is InChI=1S/C29H36N8O2/c1-19-11-23(34-9-10-39-18-22(31)15-34)13-32-29(19)35-7-8-37-20(2)14-36(17-24(37)16-35)26-5-3-21(12-30)28-25(26)4-6-27(38)33-28/h3-6,11,13,20,22,24H,7-10,14-18,31H2,1-2H3,(H,33,38)/t20-,22?,24?/m0/s1. The summed E-state index contributed by atoms with van der Waals surface area (Å²) >= 11 is 0. The van der Waals surface area contributed by atoms with Gasteiger partial charge in [-0.15, -0.1) is 0 Å². The fourth-order valence-electron chi connectivity index (χ4n) is 6.49. The van der Waals surface area contributed by atoms with E-state index in [0.29, 0.717) is 36.4 Å². The van der Waals surface area contributed by atoms with Crippen LogP contribution in [0.4, 0.5) is 17.2 Å². The van der Waals surface area contributed by atoms with Gasteiger partial charge >= 0.3 is 0 Å². The summed E-state index contributed by atoms with van der Waals surface area (Å²) in [5, 5.41) is 10.5. The predicted molar refractivity (Wildman–Crippen MR) is 154 cm³/mol. The van der Waals surface area contributed by atoms with Gasteiger partial charge in [-0.25, -0.2) is 4.98 Å². The van der Waals surface area contributed by atoms with Gasteiger partial charge in [-0.3, -0.25) is 9.69 Å². The van der Waals surface area contributed by atoms with Crippen LogP contribution in [-0.2, 0) is 4.74 Å². The number of hydrogen-bond donors (Lipinski definition) is 2. The minimum absolute atomic E-state index is 0.00488. The van der Waals surface area contributed by atoms with E-state index in [4.69, 9.17) is 15.5 Å². The Morgan fingerprint density at radius 1 is 1.08 bits per heavy atom. The summed E-state index contributed by atoms with van der Waals surface area (Å²) in [6.07, 6.45) is 1.98. The van der Waals surface area contributed by atoms with Gasteiger partial charge in [-0.1, -0.05) is 0 Å². The number of ether oxygens (including phenoxy) is 1. The molecule has 3 atom stereocenters. The number of aromatic amines is 1. The molecule has 3 aromatic rings. The number of nitriles is 1. The summed E-state index contributed by atoms with van der Waals surface area (Å²) < 4.78 is 5.61. The predicted octanol–water partition coefficient (Wildman–Crippen LogP) is 1.67. The first-order chi connectivity index (χ1) is 18.9. The van der Waals surface area contributed by atoms with Crippen LogP contribution in [0, 0.1) is 18.3 Å². The molecule has 3 N–H and O–H groups in total. The van der Waals surface area contributed by atoms with Crippen molar-refractivity contribution >= 4 is 28.1 Å². The Morgan fingerprint density at radius 2 is 1.92 bits per heavy atom. The number of H-pyrrole nitrogens is 1. The van der Waals surface area contributed by atoms with E-state index < -0.39 is 0 Å². The van der Waals surface area contributed by atoms with E-state index in [1.54, 1.807) is 6.07 Å². The van der Waals surface area contributed by atoms with Gasteiger partial charge in [-0.2, -0.15) is 5.26 Å². The van der Waals surface area contributed by atoms with Crippen LogP contribution in [0.1, 0.15) is 18.1 Å². The maximum absolute atomic E-state index is 12.0. The van der Waals surface area contributed by atoms with Crippen molar-refractivity contribution in [2.75, 3.05) is 73.7 Å². The van der Waals surface area contributed by atoms with Crippen molar-refractivity contribution in [1.29, 1.82) is 5.26 Å². The summed E-state index contributed by atoms with van der Waals surface area (Å²) in [6.45, 7) is 11.9. The lowest BCUT2D eigenvalue weighted by molar-refractivity contribution is 0.108. The SMILES string of the molecule is Cc1cc(N2CCOCC(N)C2)cnc1N1CCN2C(C1)CN(c1ccc(C#N)c3[nH]c(=O)ccc13)C[C@@H]2C. The fourth-order valence-corrected chi connectivity index (χ4v) is 6.49. The van der Waals surface area contributed by atoms with Crippen LogP contribution in [0.15, 0.2) is 41.3 Å². The van der Waals surface area contributed by atoms with Crippen LogP contribution < -0.4 is 26.0 Å². The zero-order chi connectivity index (χ0) is 27.1. The molecule has 0 saturated carbocycles. The maximum Gasteiger partial charge on any atom is 0.248 e. The van der Waals surface area contributed by atoms with Crippen molar-refractivity contribution in [3.63, 3.8) is 0 Å². The molecule has 39 heavy (non-hydrogen) atoms. The Labute approximate surface area is 228 Å². The summed E-state index contributed by atoms with van der Waals surface area (Å²) in [4.78, 5) is 29.5. The van der Waals surface area contributed by atoms with Gasteiger partial charge in [0.15, 0.2) is 0 Å². The molecule has 10 heteroatoms. The lowest BCUT2D eigenvalue weighted by Gasteiger charge is -2.51. The quantitative estimate of drug-likeness (QED) is 0.523. The lowest BCUT2D eigenvalue weighted by Crippen LogP contribution is -2.65. The molecular weight excluding hydrogens is 492 g/mol. The fraction of sp³-hybridized carbons (Fsp3) is 0.483. The molecule has 0 bridgehead atoms. The molecule has 204 valence electrons. The largest absolute Gasteiger partial charge is 0.378 e. The molecule has 3 aliphatic heterocycles. The van der Waals surface area contributed by atoms with Crippen LogP contribution in [0.2, 0.25) is 0 Å². The van der Waals surface area contributed by atoms with Gasteiger partial charge in [0.05, 0.1) is 36.2 Å². The van der Waals surface area contributed by atoms with Crippen molar-refractivity contribution in [1.82, 2.24) is 14.9 Å². The highest BCUT2D eigenvalue weighted by molar-refractivity contribution is 5.95. The molecule has 0 spiro atoms. The number of benzene rings is 1. The minimum Gasteiger partial charge on any atom is -0.378 e. The normalized spacial score (nSPS) is 24.4. The molecule has 3 aliphatic rings. The van der Waals surface area contributed by atoms with Crippen molar-refractivity contribution in [3.05, 3.63) is 58.0 Å². The van der Waals surface area contributed by atoms with Gasteiger partial charge < -0.3 is 30.2 Å². The molecule has 5 heterocycles. The molecule has 2 unspecified atom stereocenters. The number of nitrogens with two attached hydrogens (primary N) is 1. The molecule has 3 fully saturated rings. The molecule has 0 aliphatic carbocycles. The third-order valence-corrected chi connectivity index (χ3v) is 8.34. The Hall–Kier alpha value is -3.65. The number of pyridine rings is 2. The highest BCUT2D eigenvalue weighted by Crippen LogP contribution is 2.33. The van der Waals surface area contributed by atoms with E-state index in [0.717, 1.165) is 68.4 Å². The first-order valence-electron chi connectivity index (χ1n) is 13.8. The minimum atomic E-state index is -0.196. The summed E-state index contributed by atoms with van der Waals surface area (Å²) in [5.41, 5.74) is 10.4. The van der Waals surface area contributed by atoms with Crippen LogP contribution in [0.3, 0.4) is 0 Å². The molecule has 3 saturated heterocycles. The topological polar surface area (TPSA) is 118 Å². The Bertz CT molecular complexity index is 1470. The second-order valence-corrected chi connectivity index (χ2v) is 11.1. The van der Waals surface area contributed by atoms with Crippen LogP contribution in [0.5, 0.6) is 0 Å². The number of piperazine rings is 2. The molecule has 6 rings (SSSR count). The van der Waals surface area contributed by atoms with E-state index in [9.17, 15) is 10.1 Å². The molecule has 10 nitrogen and oxygen atoms in total.